The van der Waals surface area contributed by atoms with E-state index in [4.69, 9.17) is 0 Å². The number of benzene rings is 1. The molecule has 0 atom stereocenters. The van der Waals surface area contributed by atoms with Crippen molar-refractivity contribution in [2.75, 3.05) is 0 Å². The first-order valence-electron chi connectivity index (χ1n) is 6.45. The third kappa shape index (κ3) is 2.54. The molecular formula is C16H23N. The Morgan fingerprint density at radius 3 is 2.47 bits per heavy atom. The summed E-state index contributed by atoms with van der Waals surface area (Å²) in [6.45, 7) is 12.3. The van der Waals surface area contributed by atoms with Crippen LogP contribution in [-0.2, 0) is 12.0 Å². The highest BCUT2D eigenvalue weighted by atomic mass is 15.1. The fourth-order valence-corrected chi connectivity index (χ4v) is 2.15. The molecule has 0 saturated carbocycles. The van der Waals surface area contributed by atoms with Crippen molar-refractivity contribution >= 4 is 6.08 Å². The van der Waals surface area contributed by atoms with Gasteiger partial charge in [-0.15, -0.1) is 0 Å². The first kappa shape index (κ1) is 12.2. The molecular weight excluding hydrogens is 206 g/mol. The summed E-state index contributed by atoms with van der Waals surface area (Å²) in [5.41, 5.74) is 4.48. The van der Waals surface area contributed by atoms with Gasteiger partial charge in [-0.2, -0.15) is 0 Å². The van der Waals surface area contributed by atoms with E-state index in [1.807, 2.05) is 0 Å². The molecule has 2 rings (SSSR count). The zero-order chi connectivity index (χ0) is 12.6. The minimum atomic E-state index is 0.235. The van der Waals surface area contributed by atoms with E-state index in [0.717, 1.165) is 6.54 Å². The number of hydrogen-bond donors (Lipinski definition) is 0. The van der Waals surface area contributed by atoms with Crippen LogP contribution in [0.2, 0.25) is 0 Å². The molecule has 1 heterocycles. The van der Waals surface area contributed by atoms with Gasteiger partial charge in [0.05, 0.1) is 0 Å². The summed E-state index contributed by atoms with van der Waals surface area (Å²) in [6.07, 6.45) is 4.44. The van der Waals surface area contributed by atoms with Gasteiger partial charge in [-0.25, -0.2) is 0 Å². The third-order valence-corrected chi connectivity index (χ3v) is 3.47. The number of fused-ring (bicyclic) bond motifs is 1. The first-order valence-corrected chi connectivity index (χ1v) is 6.45. The Hall–Kier alpha value is -1.24. The summed E-state index contributed by atoms with van der Waals surface area (Å²) < 4.78 is 0. The van der Waals surface area contributed by atoms with Crippen molar-refractivity contribution in [3.05, 3.63) is 41.1 Å². The van der Waals surface area contributed by atoms with Crippen molar-refractivity contribution in [3.63, 3.8) is 0 Å². The van der Waals surface area contributed by atoms with Crippen LogP contribution < -0.4 is 0 Å². The number of hydrogen-bond acceptors (Lipinski definition) is 1. The molecule has 1 heteroatoms. The van der Waals surface area contributed by atoms with Crippen molar-refractivity contribution in [1.29, 1.82) is 0 Å². The van der Waals surface area contributed by atoms with Crippen LogP contribution in [0.15, 0.2) is 24.4 Å². The molecule has 0 unspecified atom stereocenters. The highest BCUT2D eigenvalue weighted by Gasteiger charge is 2.18. The van der Waals surface area contributed by atoms with Gasteiger partial charge in [0.25, 0.3) is 0 Å². The lowest BCUT2D eigenvalue weighted by Crippen LogP contribution is -2.27. The van der Waals surface area contributed by atoms with Gasteiger partial charge in [-0.1, -0.05) is 39.0 Å². The van der Waals surface area contributed by atoms with Crippen molar-refractivity contribution in [2.24, 2.45) is 0 Å². The largest absolute Gasteiger partial charge is 0.371 e. The van der Waals surface area contributed by atoms with Crippen molar-refractivity contribution in [2.45, 2.75) is 52.6 Å². The standard InChI is InChI=1S/C16H23N/c1-12(2)17-9-8-13-6-7-15(16(3,4)5)10-14(13)11-17/h6-10,12H,11H2,1-5H3. The van der Waals surface area contributed by atoms with Crippen LogP contribution in [0.25, 0.3) is 6.08 Å². The average molecular weight is 229 g/mol. The molecule has 1 aromatic carbocycles. The van der Waals surface area contributed by atoms with Gasteiger partial charge in [0.15, 0.2) is 0 Å². The van der Waals surface area contributed by atoms with Gasteiger partial charge in [0.1, 0.15) is 0 Å². The first-order chi connectivity index (χ1) is 7.88. The fourth-order valence-electron chi connectivity index (χ4n) is 2.15. The van der Waals surface area contributed by atoms with Crippen LogP contribution in [-0.4, -0.2) is 10.9 Å². The topological polar surface area (TPSA) is 3.24 Å². The van der Waals surface area contributed by atoms with Crippen molar-refractivity contribution in [3.8, 4) is 0 Å². The summed E-state index contributed by atoms with van der Waals surface area (Å²) in [5.74, 6) is 0. The molecule has 0 saturated heterocycles. The van der Waals surface area contributed by atoms with Crippen LogP contribution in [0.3, 0.4) is 0 Å². The van der Waals surface area contributed by atoms with E-state index >= 15 is 0 Å². The monoisotopic (exact) mass is 229 g/mol. The predicted molar refractivity (Wildman–Crippen MR) is 74.9 cm³/mol. The van der Waals surface area contributed by atoms with Crippen LogP contribution in [0.5, 0.6) is 0 Å². The summed E-state index contributed by atoms with van der Waals surface area (Å²) in [5, 5.41) is 0. The Bertz CT molecular complexity index is 435. The highest BCUT2D eigenvalue weighted by Crippen LogP contribution is 2.28. The summed E-state index contributed by atoms with van der Waals surface area (Å²) in [6, 6.07) is 7.45. The maximum absolute atomic E-state index is 2.38. The Balaban J connectivity index is 2.35. The number of nitrogens with zero attached hydrogens (tertiary/aromatic N) is 1. The van der Waals surface area contributed by atoms with Crippen molar-refractivity contribution < 1.29 is 0 Å². The molecule has 1 nitrogen and oxygen atoms in total. The molecule has 1 aliphatic heterocycles. The lowest BCUT2D eigenvalue weighted by Gasteiger charge is -2.30. The molecule has 0 amide bonds. The van der Waals surface area contributed by atoms with Gasteiger partial charge in [-0.3, -0.25) is 0 Å². The summed E-state index contributed by atoms with van der Waals surface area (Å²) in [4.78, 5) is 2.38. The molecule has 0 fully saturated rings. The van der Waals surface area contributed by atoms with Crippen LogP contribution in [0, 0.1) is 0 Å². The van der Waals surface area contributed by atoms with E-state index in [1.165, 1.54) is 16.7 Å². The fraction of sp³-hybridized carbons (Fsp3) is 0.500. The average Bonchev–Trinajstić information content (AvgIpc) is 2.26. The Morgan fingerprint density at radius 1 is 1.18 bits per heavy atom. The van der Waals surface area contributed by atoms with Crippen LogP contribution in [0.1, 0.15) is 51.3 Å². The lowest BCUT2D eigenvalue weighted by molar-refractivity contribution is 0.301. The molecule has 0 radical (unpaired) electrons. The lowest BCUT2D eigenvalue weighted by atomic mass is 9.84. The van der Waals surface area contributed by atoms with E-state index in [9.17, 15) is 0 Å². The minimum Gasteiger partial charge on any atom is -0.371 e. The van der Waals surface area contributed by atoms with E-state index in [2.05, 4.69) is 70.0 Å². The van der Waals surface area contributed by atoms with E-state index in [-0.39, 0.29) is 5.41 Å². The smallest absolute Gasteiger partial charge is 0.0432 e. The molecule has 92 valence electrons. The molecule has 1 aromatic rings. The van der Waals surface area contributed by atoms with Gasteiger partial charge in [-0.05, 0) is 42.0 Å². The molecule has 1 aliphatic rings. The molecule has 0 aliphatic carbocycles. The van der Waals surface area contributed by atoms with Gasteiger partial charge in [0.2, 0.25) is 0 Å². The number of rotatable bonds is 1. The molecule has 17 heavy (non-hydrogen) atoms. The van der Waals surface area contributed by atoms with E-state index in [0.29, 0.717) is 6.04 Å². The minimum absolute atomic E-state index is 0.235. The maximum atomic E-state index is 2.38. The summed E-state index contributed by atoms with van der Waals surface area (Å²) >= 11 is 0. The highest BCUT2D eigenvalue weighted by molar-refractivity contribution is 5.57. The maximum Gasteiger partial charge on any atom is 0.0432 e. The second kappa shape index (κ2) is 4.21. The molecule has 0 aromatic heterocycles. The van der Waals surface area contributed by atoms with Gasteiger partial charge in [0, 0.05) is 18.8 Å². The Kier molecular flexibility index (Phi) is 3.03. The van der Waals surface area contributed by atoms with E-state index < -0.39 is 0 Å². The molecule has 0 spiro atoms. The third-order valence-electron chi connectivity index (χ3n) is 3.47. The zero-order valence-corrected chi connectivity index (χ0v) is 11.6. The normalized spacial score (nSPS) is 15.3. The van der Waals surface area contributed by atoms with Crippen LogP contribution >= 0.6 is 0 Å². The quantitative estimate of drug-likeness (QED) is 0.698. The van der Waals surface area contributed by atoms with Crippen LogP contribution in [0.4, 0.5) is 0 Å². The van der Waals surface area contributed by atoms with E-state index in [1.54, 1.807) is 0 Å². The Morgan fingerprint density at radius 2 is 1.88 bits per heavy atom. The molecule has 0 bridgehead atoms. The zero-order valence-electron chi connectivity index (χ0n) is 11.6. The molecule has 0 N–H and O–H groups in total. The van der Waals surface area contributed by atoms with Crippen molar-refractivity contribution in [1.82, 2.24) is 4.90 Å². The van der Waals surface area contributed by atoms with Gasteiger partial charge >= 0.3 is 0 Å². The SMILES string of the molecule is CC(C)N1C=Cc2ccc(C(C)(C)C)cc2C1. The Labute approximate surface area is 105 Å². The second-order valence-electron chi connectivity index (χ2n) is 6.25. The van der Waals surface area contributed by atoms with Gasteiger partial charge < -0.3 is 4.90 Å². The second-order valence-corrected chi connectivity index (χ2v) is 6.25. The summed E-state index contributed by atoms with van der Waals surface area (Å²) in [7, 11) is 0. The predicted octanol–water partition coefficient (Wildman–Crippen LogP) is 4.18.